The molecule has 202 valence electrons. The summed E-state index contributed by atoms with van der Waals surface area (Å²) in [4.78, 5) is 48.9. The smallest absolute Gasteiger partial charge is 0.337 e. The number of anilines is 1. The third-order valence-corrected chi connectivity index (χ3v) is 7.88. The number of carbonyl (C=O) groups is 3. The van der Waals surface area contributed by atoms with Gasteiger partial charge in [-0.05, 0) is 62.4 Å². The fraction of sp³-hybridized carbons (Fsp3) is 0.444. The van der Waals surface area contributed by atoms with E-state index in [4.69, 9.17) is 4.74 Å². The molecule has 2 aliphatic rings. The number of carboxylic acids is 1. The molecule has 1 fully saturated rings. The van der Waals surface area contributed by atoms with Crippen molar-refractivity contribution in [3.8, 4) is 0 Å². The summed E-state index contributed by atoms with van der Waals surface area (Å²) in [5.74, 6) is -0.128. The summed E-state index contributed by atoms with van der Waals surface area (Å²) < 4.78 is 5.29. The van der Waals surface area contributed by atoms with E-state index >= 15 is 0 Å². The first-order chi connectivity index (χ1) is 18.3. The number of amidine groups is 1. The van der Waals surface area contributed by atoms with Crippen LogP contribution >= 0.6 is 11.3 Å². The van der Waals surface area contributed by atoms with Gasteiger partial charge in [0.05, 0.1) is 24.3 Å². The number of carboxylic acid groups (broad SMARTS) is 1. The van der Waals surface area contributed by atoms with Crippen LogP contribution in [-0.2, 0) is 14.3 Å². The SMILES string of the molecule is CCOC(=O)C1=C(CN2CCC(C)C(CN(C=O)c3ccc(C(=O)O)c(C)c3)C2)NC(c2nccs2)=NC1. The lowest BCUT2D eigenvalue weighted by atomic mass is 9.86. The van der Waals surface area contributed by atoms with E-state index in [-0.39, 0.29) is 30.6 Å². The third-order valence-electron chi connectivity index (χ3n) is 7.10. The second-order valence-electron chi connectivity index (χ2n) is 9.63. The summed E-state index contributed by atoms with van der Waals surface area (Å²) in [6, 6.07) is 4.96. The van der Waals surface area contributed by atoms with Crippen molar-refractivity contribution in [3.63, 3.8) is 0 Å². The Morgan fingerprint density at radius 3 is 2.84 bits per heavy atom. The van der Waals surface area contributed by atoms with Gasteiger partial charge in [0.2, 0.25) is 6.41 Å². The molecule has 1 amide bonds. The highest BCUT2D eigenvalue weighted by atomic mass is 32.1. The number of piperidine rings is 1. The van der Waals surface area contributed by atoms with Gasteiger partial charge in [-0.15, -0.1) is 11.3 Å². The standard InChI is InChI=1S/C27H33N5O5S/c1-4-37-27(36)22-12-29-24(25-28-8-10-38-25)30-23(22)15-31-9-7-17(2)19(13-31)14-32(16-33)20-5-6-21(26(34)35)18(3)11-20/h5-6,8,10-11,16-17,19H,4,7,9,12-15H2,1-3H3,(H,29,30)(H,34,35). The van der Waals surface area contributed by atoms with Gasteiger partial charge in [0, 0.05) is 42.6 Å². The first-order valence-corrected chi connectivity index (χ1v) is 13.6. The maximum Gasteiger partial charge on any atom is 0.337 e. The minimum atomic E-state index is -0.987. The summed E-state index contributed by atoms with van der Waals surface area (Å²) in [5, 5.41) is 15.3. The van der Waals surface area contributed by atoms with Gasteiger partial charge in [0.1, 0.15) is 0 Å². The molecule has 2 unspecified atom stereocenters. The van der Waals surface area contributed by atoms with Crippen molar-refractivity contribution in [2.24, 2.45) is 16.8 Å². The molecule has 0 radical (unpaired) electrons. The summed E-state index contributed by atoms with van der Waals surface area (Å²) in [6.45, 7) is 8.86. The number of rotatable bonds is 10. The number of hydrogen-bond donors (Lipinski definition) is 2. The molecule has 1 aromatic heterocycles. The molecular formula is C27H33N5O5S. The molecule has 2 atom stereocenters. The first-order valence-electron chi connectivity index (χ1n) is 12.7. The van der Waals surface area contributed by atoms with Crippen LogP contribution in [0.3, 0.4) is 0 Å². The normalized spacial score (nSPS) is 19.9. The number of thiazole rings is 1. The molecule has 2 aliphatic heterocycles. The van der Waals surface area contributed by atoms with Crippen LogP contribution in [0.2, 0.25) is 0 Å². The Morgan fingerprint density at radius 1 is 1.37 bits per heavy atom. The molecule has 0 bridgehead atoms. The van der Waals surface area contributed by atoms with Crippen LogP contribution in [0.1, 0.15) is 41.2 Å². The number of likely N-dealkylation sites (tertiary alicyclic amines) is 1. The lowest BCUT2D eigenvalue weighted by molar-refractivity contribution is -0.138. The highest BCUT2D eigenvalue weighted by molar-refractivity contribution is 7.11. The van der Waals surface area contributed by atoms with Crippen LogP contribution in [0.15, 0.2) is 46.0 Å². The van der Waals surface area contributed by atoms with E-state index in [0.717, 1.165) is 36.6 Å². The molecular weight excluding hydrogens is 506 g/mol. The van der Waals surface area contributed by atoms with Gasteiger partial charge in [-0.25, -0.2) is 14.6 Å². The first kappa shape index (κ1) is 27.5. The van der Waals surface area contributed by atoms with Crippen LogP contribution in [0, 0.1) is 18.8 Å². The fourth-order valence-corrected chi connectivity index (χ4v) is 5.47. The molecule has 0 aliphatic carbocycles. The summed E-state index contributed by atoms with van der Waals surface area (Å²) in [6.07, 6.45) is 3.48. The molecule has 38 heavy (non-hydrogen) atoms. The zero-order valence-corrected chi connectivity index (χ0v) is 22.7. The fourth-order valence-electron chi connectivity index (χ4n) is 4.87. The monoisotopic (exact) mass is 539 g/mol. The summed E-state index contributed by atoms with van der Waals surface area (Å²) in [5.41, 5.74) is 2.80. The highest BCUT2D eigenvalue weighted by Gasteiger charge is 2.31. The van der Waals surface area contributed by atoms with Crippen LogP contribution in [0.4, 0.5) is 5.69 Å². The van der Waals surface area contributed by atoms with Crippen molar-refractivity contribution >= 4 is 41.2 Å². The Kier molecular flexibility index (Phi) is 8.90. The topological polar surface area (TPSA) is 124 Å². The number of nitrogens with zero attached hydrogens (tertiary/aromatic N) is 4. The Morgan fingerprint density at radius 2 is 2.18 bits per heavy atom. The Balaban J connectivity index is 1.49. The second-order valence-corrected chi connectivity index (χ2v) is 10.5. The van der Waals surface area contributed by atoms with Crippen molar-refractivity contribution in [3.05, 3.63) is 57.2 Å². The number of aliphatic imine (C=N–C) groups is 1. The maximum absolute atomic E-state index is 12.7. The molecule has 3 heterocycles. The lowest BCUT2D eigenvalue weighted by Gasteiger charge is -2.39. The number of aromatic carboxylic acids is 1. The van der Waals surface area contributed by atoms with Gasteiger partial charge < -0.3 is 20.1 Å². The number of hydrogen-bond acceptors (Lipinski definition) is 9. The van der Waals surface area contributed by atoms with Crippen LogP contribution in [-0.4, -0.2) is 78.5 Å². The van der Waals surface area contributed by atoms with Gasteiger partial charge in [-0.2, -0.15) is 0 Å². The van der Waals surface area contributed by atoms with Gasteiger partial charge in [0.15, 0.2) is 10.8 Å². The van der Waals surface area contributed by atoms with Crippen molar-refractivity contribution in [2.45, 2.75) is 27.2 Å². The van der Waals surface area contributed by atoms with Crippen molar-refractivity contribution in [2.75, 3.05) is 44.2 Å². The number of carbonyl (C=O) groups excluding carboxylic acids is 2. The zero-order chi connectivity index (χ0) is 27.2. The number of benzene rings is 1. The van der Waals surface area contributed by atoms with E-state index in [1.54, 1.807) is 43.1 Å². The van der Waals surface area contributed by atoms with Gasteiger partial charge in [0.25, 0.3) is 0 Å². The molecule has 0 spiro atoms. The maximum atomic E-state index is 12.7. The Hall–Kier alpha value is -3.57. The Bertz CT molecular complexity index is 1240. The average molecular weight is 540 g/mol. The molecule has 1 aromatic carbocycles. The number of aryl methyl sites for hydroxylation is 1. The minimum absolute atomic E-state index is 0.191. The van der Waals surface area contributed by atoms with E-state index in [1.807, 2.05) is 5.38 Å². The third kappa shape index (κ3) is 6.28. The molecule has 10 nitrogen and oxygen atoms in total. The molecule has 2 N–H and O–H groups in total. The zero-order valence-electron chi connectivity index (χ0n) is 21.8. The van der Waals surface area contributed by atoms with Crippen molar-refractivity contribution < 1.29 is 24.2 Å². The predicted molar refractivity (Wildman–Crippen MR) is 146 cm³/mol. The highest BCUT2D eigenvalue weighted by Crippen LogP contribution is 2.28. The van der Waals surface area contributed by atoms with E-state index in [0.29, 0.717) is 41.7 Å². The van der Waals surface area contributed by atoms with Gasteiger partial charge in [-0.3, -0.25) is 14.7 Å². The Labute approximate surface area is 226 Å². The van der Waals surface area contributed by atoms with Crippen LogP contribution < -0.4 is 10.2 Å². The molecule has 11 heteroatoms. The van der Waals surface area contributed by atoms with Gasteiger partial charge in [-0.1, -0.05) is 6.92 Å². The summed E-state index contributed by atoms with van der Waals surface area (Å²) in [7, 11) is 0. The molecule has 0 saturated carbocycles. The minimum Gasteiger partial charge on any atom is -0.478 e. The van der Waals surface area contributed by atoms with E-state index < -0.39 is 5.97 Å². The van der Waals surface area contributed by atoms with E-state index in [9.17, 15) is 19.5 Å². The number of nitrogens with one attached hydrogen (secondary N) is 1. The number of aromatic nitrogens is 1. The average Bonchev–Trinajstić information content (AvgIpc) is 3.44. The largest absolute Gasteiger partial charge is 0.478 e. The molecule has 1 saturated heterocycles. The van der Waals surface area contributed by atoms with E-state index in [2.05, 4.69) is 27.1 Å². The second kappa shape index (κ2) is 12.3. The lowest BCUT2D eigenvalue weighted by Crippen LogP contribution is -2.47. The number of esters is 1. The van der Waals surface area contributed by atoms with Crippen molar-refractivity contribution in [1.29, 1.82) is 0 Å². The molecule has 2 aromatic rings. The number of amides is 1. The van der Waals surface area contributed by atoms with Crippen molar-refractivity contribution in [1.82, 2.24) is 15.2 Å². The van der Waals surface area contributed by atoms with Crippen LogP contribution in [0.5, 0.6) is 0 Å². The quantitative estimate of drug-likeness (QED) is 0.349. The number of ether oxygens (including phenoxy) is 1. The van der Waals surface area contributed by atoms with Crippen LogP contribution in [0.25, 0.3) is 0 Å². The van der Waals surface area contributed by atoms with E-state index in [1.165, 1.54) is 11.3 Å². The summed E-state index contributed by atoms with van der Waals surface area (Å²) >= 11 is 1.48. The predicted octanol–water partition coefficient (Wildman–Crippen LogP) is 2.94. The molecule has 4 rings (SSSR count). The van der Waals surface area contributed by atoms with Gasteiger partial charge >= 0.3 is 11.9 Å².